The van der Waals surface area contributed by atoms with E-state index in [1.165, 1.54) is 0 Å². The molecule has 1 aromatic carbocycles. The van der Waals surface area contributed by atoms with Crippen molar-refractivity contribution in [2.24, 2.45) is 0 Å². The molecule has 5 heteroatoms. The number of carbonyl (C=O) groups is 2. The van der Waals surface area contributed by atoms with E-state index in [0.29, 0.717) is 17.9 Å². The van der Waals surface area contributed by atoms with Crippen molar-refractivity contribution in [1.29, 1.82) is 0 Å². The van der Waals surface area contributed by atoms with Gasteiger partial charge in [0.15, 0.2) is 0 Å². The number of hydrogen-bond acceptors (Lipinski definition) is 4. The van der Waals surface area contributed by atoms with Gasteiger partial charge in [0.05, 0.1) is 18.6 Å². The lowest BCUT2D eigenvalue weighted by Crippen LogP contribution is -2.27. The average molecular weight is 250 g/mol. The number of carbonyl (C=O) groups excluding carboxylic acids is 2. The highest BCUT2D eigenvalue weighted by Crippen LogP contribution is 2.15. The molecule has 0 saturated heterocycles. The molecule has 0 aliphatic heterocycles. The number of esters is 1. The fourth-order valence-corrected chi connectivity index (χ4v) is 1.60. The summed E-state index contributed by atoms with van der Waals surface area (Å²) >= 11 is 0. The van der Waals surface area contributed by atoms with E-state index < -0.39 is 0 Å². The Hall–Kier alpha value is -2.04. The smallest absolute Gasteiger partial charge is 0.307 e. The number of nitrogens with one attached hydrogen (secondary N) is 1. The predicted octanol–water partition coefficient (Wildman–Crippen LogP) is 1.26. The lowest BCUT2D eigenvalue weighted by atomic mass is 10.1. The van der Waals surface area contributed by atoms with Crippen LogP contribution in [0.4, 0.5) is 5.69 Å². The zero-order chi connectivity index (χ0) is 13.5. The lowest BCUT2D eigenvalue weighted by molar-refractivity contribution is -0.142. The van der Waals surface area contributed by atoms with Crippen LogP contribution in [0.25, 0.3) is 0 Å². The first-order valence-electron chi connectivity index (χ1n) is 5.85. The van der Waals surface area contributed by atoms with Crippen LogP contribution in [-0.2, 0) is 9.53 Å². The molecule has 0 unspecified atom stereocenters. The van der Waals surface area contributed by atoms with E-state index in [-0.39, 0.29) is 24.8 Å². The van der Waals surface area contributed by atoms with Crippen molar-refractivity contribution in [2.45, 2.75) is 20.3 Å². The SMILES string of the molecule is CCOC(=O)CCNC(=O)c1c(C)cccc1N. The summed E-state index contributed by atoms with van der Waals surface area (Å²) in [6.45, 7) is 4.14. The molecule has 0 radical (unpaired) electrons. The highest BCUT2D eigenvalue weighted by atomic mass is 16.5. The summed E-state index contributed by atoms with van der Waals surface area (Å²) in [7, 11) is 0. The van der Waals surface area contributed by atoms with Gasteiger partial charge < -0.3 is 15.8 Å². The number of anilines is 1. The zero-order valence-electron chi connectivity index (χ0n) is 10.7. The quantitative estimate of drug-likeness (QED) is 0.609. The number of amides is 1. The van der Waals surface area contributed by atoms with Crippen molar-refractivity contribution in [3.8, 4) is 0 Å². The molecule has 1 rings (SSSR count). The van der Waals surface area contributed by atoms with Gasteiger partial charge in [-0.25, -0.2) is 0 Å². The minimum atomic E-state index is -0.324. The second-order valence-corrected chi connectivity index (χ2v) is 3.85. The largest absolute Gasteiger partial charge is 0.466 e. The van der Waals surface area contributed by atoms with E-state index in [0.717, 1.165) is 5.56 Å². The van der Waals surface area contributed by atoms with E-state index in [9.17, 15) is 9.59 Å². The number of hydrogen-bond donors (Lipinski definition) is 2. The number of ether oxygens (including phenoxy) is 1. The van der Waals surface area contributed by atoms with Crippen molar-refractivity contribution in [2.75, 3.05) is 18.9 Å². The van der Waals surface area contributed by atoms with Crippen molar-refractivity contribution in [1.82, 2.24) is 5.32 Å². The molecule has 0 heterocycles. The highest BCUT2D eigenvalue weighted by Gasteiger charge is 2.12. The van der Waals surface area contributed by atoms with Gasteiger partial charge in [-0.3, -0.25) is 9.59 Å². The van der Waals surface area contributed by atoms with Gasteiger partial charge in [-0.15, -0.1) is 0 Å². The second-order valence-electron chi connectivity index (χ2n) is 3.85. The summed E-state index contributed by atoms with van der Waals surface area (Å²) in [4.78, 5) is 23.0. The Bertz CT molecular complexity index is 424. The molecule has 0 saturated carbocycles. The van der Waals surface area contributed by atoms with Crippen LogP contribution in [0.3, 0.4) is 0 Å². The summed E-state index contributed by atoms with van der Waals surface area (Å²) in [6.07, 6.45) is 0.158. The Morgan fingerprint density at radius 2 is 2.11 bits per heavy atom. The molecular weight excluding hydrogens is 232 g/mol. The molecule has 0 spiro atoms. The molecule has 0 bridgehead atoms. The van der Waals surface area contributed by atoms with E-state index in [2.05, 4.69) is 5.32 Å². The summed E-state index contributed by atoms with van der Waals surface area (Å²) in [5, 5.41) is 2.65. The van der Waals surface area contributed by atoms with Gasteiger partial charge in [0.25, 0.3) is 5.91 Å². The fraction of sp³-hybridized carbons (Fsp3) is 0.385. The van der Waals surface area contributed by atoms with Crippen LogP contribution in [-0.4, -0.2) is 25.0 Å². The minimum absolute atomic E-state index is 0.158. The molecular formula is C13H18N2O3. The Labute approximate surface area is 106 Å². The van der Waals surface area contributed by atoms with Crippen molar-refractivity contribution < 1.29 is 14.3 Å². The van der Waals surface area contributed by atoms with E-state index in [4.69, 9.17) is 10.5 Å². The molecule has 0 aliphatic rings. The maximum Gasteiger partial charge on any atom is 0.307 e. The van der Waals surface area contributed by atoms with Gasteiger partial charge in [0, 0.05) is 12.2 Å². The van der Waals surface area contributed by atoms with Crippen LogP contribution in [0, 0.1) is 6.92 Å². The van der Waals surface area contributed by atoms with Crippen LogP contribution < -0.4 is 11.1 Å². The van der Waals surface area contributed by atoms with Crippen LogP contribution >= 0.6 is 0 Å². The third-order valence-electron chi connectivity index (χ3n) is 2.45. The van der Waals surface area contributed by atoms with Gasteiger partial charge in [-0.1, -0.05) is 12.1 Å². The van der Waals surface area contributed by atoms with Gasteiger partial charge >= 0.3 is 5.97 Å². The molecule has 5 nitrogen and oxygen atoms in total. The van der Waals surface area contributed by atoms with E-state index >= 15 is 0 Å². The molecule has 0 aliphatic carbocycles. The average Bonchev–Trinajstić information content (AvgIpc) is 2.29. The van der Waals surface area contributed by atoms with Gasteiger partial charge in [0.1, 0.15) is 0 Å². The fourth-order valence-electron chi connectivity index (χ4n) is 1.60. The first-order valence-corrected chi connectivity index (χ1v) is 5.85. The second kappa shape index (κ2) is 6.64. The summed E-state index contributed by atoms with van der Waals surface area (Å²) in [5.74, 6) is -0.592. The number of nitrogen functional groups attached to an aromatic ring is 1. The molecule has 1 aromatic rings. The lowest BCUT2D eigenvalue weighted by Gasteiger charge is -2.09. The molecule has 18 heavy (non-hydrogen) atoms. The molecule has 0 fully saturated rings. The minimum Gasteiger partial charge on any atom is -0.466 e. The maximum absolute atomic E-state index is 11.9. The van der Waals surface area contributed by atoms with Crippen LogP contribution in [0.2, 0.25) is 0 Å². The maximum atomic E-state index is 11.9. The third-order valence-corrected chi connectivity index (χ3v) is 2.45. The zero-order valence-corrected chi connectivity index (χ0v) is 10.7. The van der Waals surface area contributed by atoms with E-state index in [1.807, 2.05) is 13.0 Å². The summed E-state index contributed by atoms with van der Waals surface area (Å²) in [5.41, 5.74) is 7.45. The topological polar surface area (TPSA) is 81.4 Å². The van der Waals surface area contributed by atoms with E-state index in [1.54, 1.807) is 19.1 Å². The monoisotopic (exact) mass is 250 g/mol. The molecule has 1 amide bonds. The van der Waals surface area contributed by atoms with Gasteiger partial charge in [-0.05, 0) is 25.5 Å². The normalized spacial score (nSPS) is 9.89. The Morgan fingerprint density at radius 1 is 1.39 bits per heavy atom. The van der Waals surface area contributed by atoms with Crippen molar-refractivity contribution >= 4 is 17.6 Å². The number of aryl methyl sites for hydroxylation is 1. The Balaban J connectivity index is 2.53. The predicted molar refractivity (Wildman–Crippen MR) is 69.2 cm³/mol. The van der Waals surface area contributed by atoms with Crippen LogP contribution in [0.15, 0.2) is 18.2 Å². The number of nitrogens with two attached hydrogens (primary N) is 1. The molecule has 98 valence electrons. The first-order chi connectivity index (χ1) is 8.56. The molecule has 0 atom stereocenters. The molecule has 3 N–H and O–H groups in total. The van der Waals surface area contributed by atoms with Crippen LogP contribution in [0.1, 0.15) is 29.3 Å². The van der Waals surface area contributed by atoms with Crippen LogP contribution in [0.5, 0.6) is 0 Å². The highest BCUT2D eigenvalue weighted by molar-refractivity contribution is 6.00. The summed E-state index contributed by atoms with van der Waals surface area (Å²) < 4.78 is 4.76. The third kappa shape index (κ3) is 3.76. The Kier molecular flexibility index (Phi) is 5.17. The number of rotatable bonds is 5. The summed E-state index contributed by atoms with van der Waals surface area (Å²) in [6, 6.07) is 5.28. The first kappa shape index (κ1) is 14.0. The van der Waals surface area contributed by atoms with Gasteiger partial charge in [-0.2, -0.15) is 0 Å². The number of benzene rings is 1. The van der Waals surface area contributed by atoms with Crippen molar-refractivity contribution in [3.05, 3.63) is 29.3 Å². The molecule has 0 aromatic heterocycles. The standard InChI is InChI=1S/C13H18N2O3/c1-3-18-11(16)7-8-15-13(17)12-9(2)5-4-6-10(12)14/h4-6H,3,7-8,14H2,1-2H3,(H,15,17). The Morgan fingerprint density at radius 3 is 2.72 bits per heavy atom. The van der Waals surface area contributed by atoms with Gasteiger partial charge in [0.2, 0.25) is 0 Å². The van der Waals surface area contributed by atoms with Crippen molar-refractivity contribution in [3.63, 3.8) is 0 Å².